The first-order valence-electron chi connectivity index (χ1n) is 6.82. The van der Waals surface area contributed by atoms with E-state index in [0.29, 0.717) is 22.6 Å². The smallest absolute Gasteiger partial charge is 0.231 e. The van der Waals surface area contributed by atoms with E-state index in [9.17, 15) is 10.1 Å². The highest BCUT2D eigenvalue weighted by molar-refractivity contribution is 8.01. The SMILES string of the molecule is COCCNc1nnc(SCC(=O)N[C@@](C)(C#N)C(C)C)s1. The zero-order valence-electron chi connectivity index (χ0n) is 13.2. The molecule has 0 saturated carbocycles. The molecule has 0 bridgehead atoms. The number of nitrogens with one attached hydrogen (secondary N) is 2. The van der Waals surface area contributed by atoms with Gasteiger partial charge in [-0.25, -0.2) is 0 Å². The van der Waals surface area contributed by atoms with Gasteiger partial charge in [0.05, 0.1) is 18.4 Å². The van der Waals surface area contributed by atoms with E-state index in [4.69, 9.17) is 4.74 Å². The highest BCUT2D eigenvalue weighted by Gasteiger charge is 2.29. The first-order valence-corrected chi connectivity index (χ1v) is 8.63. The van der Waals surface area contributed by atoms with Crippen LogP contribution in [0.2, 0.25) is 0 Å². The summed E-state index contributed by atoms with van der Waals surface area (Å²) >= 11 is 2.69. The van der Waals surface area contributed by atoms with E-state index in [0.717, 1.165) is 0 Å². The molecule has 0 fully saturated rings. The van der Waals surface area contributed by atoms with Crippen LogP contribution in [-0.2, 0) is 9.53 Å². The van der Waals surface area contributed by atoms with Gasteiger partial charge in [0, 0.05) is 13.7 Å². The summed E-state index contributed by atoms with van der Waals surface area (Å²) in [5, 5.41) is 23.7. The number of nitriles is 1. The molecule has 122 valence electrons. The quantitative estimate of drug-likeness (QED) is 0.520. The molecule has 9 heteroatoms. The van der Waals surface area contributed by atoms with Gasteiger partial charge in [0.1, 0.15) is 5.54 Å². The Morgan fingerprint density at radius 3 is 2.86 bits per heavy atom. The number of methoxy groups -OCH3 is 1. The Balaban J connectivity index is 2.43. The molecule has 0 aliphatic carbocycles. The molecule has 1 rings (SSSR count). The van der Waals surface area contributed by atoms with Crippen molar-refractivity contribution in [1.29, 1.82) is 5.26 Å². The third-order valence-electron chi connectivity index (χ3n) is 3.10. The van der Waals surface area contributed by atoms with Crippen molar-refractivity contribution in [3.63, 3.8) is 0 Å². The first kappa shape index (κ1) is 18.7. The summed E-state index contributed by atoms with van der Waals surface area (Å²) < 4.78 is 5.64. The normalized spacial score (nSPS) is 13.5. The number of carbonyl (C=O) groups excluding carboxylic acids is 1. The molecular weight excluding hydrogens is 322 g/mol. The lowest BCUT2D eigenvalue weighted by atomic mass is 9.90. The average molecular weight is 343 g/mol. The molecule has 1 aromatic heterocycles. The van der Waals surface area contributed by atoms with Gasteiger partial charge in [-0.05, 0) is 12.8 Å². The topological polar surface area (TPSA) is 99.9 Å². The molecule has 22 heavy (non-hydrogen) atoms. The summed E-state index contributed by atoms with van der Waals surface area (Å²) in [7, 11) is 1.63. The number of hydrogen-bond donors (Lipinski definition) is 2. The van der Waals surface area contributed by atoms with Crippen molar-refractivity contribution in [3.8, 4) is 6.07 Å². The molecule has 0 radical (unpaired) electrons. The molecule has 0 saturated heterocycles. The maximum atomic E-state index is 12.0. The van der Waals surface area contributed by atoms with E-state index >= 15 is 0 Å². The van der Waals surface area contributed by atoms with Gasteiger partial charge in [0.15, 0.2) is 4.34 Å². The standard InChI is InChI=1S/C13H21N5O2S2/c1-9(2)13(3,8-14)16-10(19)7-21-12-18-17-11(22-12)15-5-6-20-4/h9H,5-7H2,1-4H3,(H,15,17)(H,16,19)/t13-/m0/s1. The van der Waals surface area contributed by atoms with Crippen molar-refractivity contribution >= 4 is 34.1 Å². The fraction of sp³-hybridized carbons (Fsp3) is 0.692. The van der Waals surface area contributed by atoms with Crippen LogP contribution in [0.15, 0.2) is 4.34 Å². The lowest BCUT2D eigenvalue weighted by Crippen LogP contribution is -2.49. The number of amides is 1. The lowest BCUT2D eigenvalue weighted by Gasteiger charge is -2.27. The minimum Gasteiger partial charge on any atom is -0.383 e. The summed E-state index contributed by atoms with van der Waals surface area (Å²) in [5.74, 6) is 0.0490. The maximum absolute atomic E-state index is 12.0. The van der Waals surface area contributed by atoms with Gasteiger partial charge in [-0.15, -0.1) is 10.2 Å². The minimum absolute atomic E-state index is 0.0320. The fourth-order valence-electron chi connectivity index (χ4n) is 1.35. The van der Waals surface area contributed by atoms with Gasteiger partial charge >= 0.3 is 0 Å². The zero-order chi connectivity index (χ0) is 16.6. The van der Waals surface area contributed by atoms with Crippen LogP contribution in [0.25, 0.3) is 0 Å². The predicted molar refractivity (Wildman–Crippen MR) is 88.0 cm³/mol. The summed E-state index contributed by atoms with van der Waals surface area (Å²) in [6, 6.07) is 2.15. The van der Waals surface area contributed by atoms with Gasteiger partial charge in [-0.1, -0.05) is 36.9 Å². The second-order valence-corrected chi connectivity index (χ2v) is 7.30. The van der Waals surface area contributed by atoms with Crippen molar-refractivity contribution < 1.29 is 9.53 Å². The third kappa shape index (κ3) is 5.79. The van der Waals surface area contributed by atoms with Crippen LogP contribution in [0, 0.1) is 17.2 Å². The third-order valence-corrected chi connectivity index (χ3v) is 5.12. The van der Waals surface area contributed by atoms with Gasteiger partial charge in [0.25, 0.3) is 0 Å². The van der Waals surface area contributed by atoms with Crippen LogP contribution >= 0.6 is 23.1 Å². The van der Waals surface area contributed by atoms with Gasteiger partial charge in [-0.2, -0.15) is 5.26 Å². The largest absolute Gasteiger partial charge is 0.383 e. The Bertz CT molecular complexity index is 529. The van der Waals surface area contributed by atoms with E-state index in [-0.39, 0.29) is 17.6 Å². The second kappa shape index (κ2) is 8.92. The van der Waals surface area contributed by atoms with E-state index in [1.54, 1.807) is 14.0 Å². The van der Waals surface area contributed by atoms with E-state index < -0.39 is 5.54 Å². The van der Waals surface area contributed by atoms with Crippen molar-refractivity contribution in [2.24, 2.45) is 5.92 Å². The van der Waals surface area contributed by atoms with Crippen LogP contribution in [0.5, 0.6) is 0 Å². The number of ether oxygens (including phenoxy) is 1. The van der Waals surface area contributed by atoms with Crippen molar-refractivity contribution in [3.05, 3.63) is 0 Å². The fourth-order valence-corrected chi connectivity index (χ4v) is 2.93. The predicted octanol–water partition coefficient (Wildman–Crippen LogP) is 1.74. The van der Waals surface area contributed by atoms with Crippen molar-refractivity contribution in [2.45, 2.75) is 30.6 Å². The molecule has 0 spiro atoms. The number of carbonyl (C=O) groups is 1. The Kier molecular flexibility index (Phi) is 7.58. The Morgan fingerprint density at radius 1 is 1.55 bits per heavy atom. The van der Waals surface area contributed by atoms with E-state index in [1.807, 2.05) is 13.8 Å². The summed E-state index contributed by atoms with van der Waals surface area (Å²) in [4.78, 5) is 12.0. The monoisotopic (exact) mass is 343 g/mol. The number of anilines is 1. The number of aromatic nitrogens is 2. The molecule has 1 atom stereocenters. The van der Waals surface area contributed by atoms with E-state index in [1.165, 1.54) is 23.1 Å². The van der Waals surface area contributed by atoms with Crippen molar-refractivity contribution in [2.75, 3.05) is 31.3 Å². The highest BCUT2D eigenvalue weighted by atomic mass is 32.2. The Hall–Kier alpha value is -1.37. The molecule has 0 aliphatic heterocycles. The van der Waals surface area contributed by atoms with Gasteiger partial charge in [0.2, 0.25) is 11.0 Å². The van der Waals surface area contributed by atoms with Crippen LogP contribution in [0.3, 0.4) is 0 Å². The van der Waals surface area contributed by atoms with Crippen LogP contribution in [0.1, 0.15) is 20.8 Å². The first-order chi connectivity index (χ1) is 10.4. The second-order valence-electron chi connectivity index (χ2n) is 5.10. The minimum atomic E-state index is -0.856. The van der Waals surface area contributed by atoms with E-state index in [2.05, 4.69) is 26.9 Å². The molecule has 0 aliphatic rings. The average Bonchev–Trinajstić information content (AvgIpc) is 2.93. The van der Waals surface area contributed by atoms with Crippen LogP contribution in [0.4, 0.5) is 5.13 Å². The molecule has 1 aromatic rings. The summed E-state index contributed by atoms with van der Waals surface area (Å²) in [6.07, 6.45) is 0. The molecule has 7 nitrogen and oxygen atoms in total. The van der Waals surface area contributed by atoms with Gasteiger partial charge in [-0.3, -0.25) is 4.79 Å². The highest BCUT2D eigenvalue weighted by Crippen LogP contribution is 2.25. The number of hydrogen-bond acceptors (Lipinski definition) is 8. The summed E-state index contributed by atoms with van der Waals surface area (Å²) in [5.41, 5.74) is -0.856. The van der Waals surface area contributed by atoms with Gasteiger partial charge < -0.3 is 15.4 Å². The van der Waals surface area contributed by atoms with Crippen molar-refractivity contribution in [1.82, 2.24) is 15.5 Å². The molecule has 1 amide bonds. The molecule has 0 unspecified atom stereocenters. The van der Waals surface area contributed by atoms with Crippen LogP contribution in [-0.4, -0.2) is 47.7 Å². The summed E-state index contributed by atoms with van der Waals surface area (Å²) in [6.45, 7) is 6.78. The molecular formula is C13H21N5O2S2. The Morgan fingerprint density at radius 2 is 2.27 bits per heavy atom. The molecule has 2 N–H and O–H groups in total. The number of thioether (sulfide) groups is 1. The number of rotatable bonds is 9. The lowest BCUT2D eigenvalue weighted by molar-refractivity contribution is -0.120. The Labute approximate surface area is 138 Å². The van der Waals surface area contributed by atoms with Crippen LogP contribution < -0.4 is 10.6 Å². The molecule has 1 heterocycles. The molecule has 0 aromatic carbocycles. The number of nitrogens with zero attached hydrogens (tertiary/aromatic N) is 3. The zero-order valence-corrected chi connectivity index (χ0v) is 14.8. The maximum Gasteiger partial charge on any atom is 0.231 e.